The van der Waals surface area contributed by atoms with Crippen LogP contribution in [0.4, 0.5) is 31.7 Å². The highest BCUT2D eigenvalue weighted by molar-refractivity contribution is 5.79. The number of morpholine rings is 1. The molecule has 0 bridgehead atoms. The average molecular weight is 562 g/mol. The zero-order valence-electron chi connectivity index (χ0n) is 22.7. The number of rotatable bonds is 9. The van der Waals surface area contributed by atoms with Gasteiger partial charge in [-0.25, -0.2) is 13.8 Å². The van der Waals surface area contributed by atoms with Gasteiger partial charge in [0, 0.05) is 74.0 Å². The highest BCUT2D eigenvalue weighted by atomic mass is 19.1. The van der Waals surface area contributed by atoms with Crippen molar-refractivity contribution in [3.63, 3.8) is 0 Å². The molecule has 2 aromatic carbocycles. The number of piperidine rings is 1. The van der Waals surface area contributed by atoms with Crippen LogP contribution in [-0.2, 0) is 22.5 Å². The van der Waals surface area contributed by atoms with Gasteiger partial charge in [0.2, 0.25) is 5.91 Å². The first-order chi connectivity index (χ1) is 19.9. The molecule has 0 unspecified atom stereocenters. The van der Waals surface area contributed by atoms with Gasteiger partial charge in [-0.1, -0.05) is 0 Å². The molecular weight excluding hydrogens is 528 g/mol. The van der Waals surface area contributed by atoms with Gasteiger partial charge >= 0.3 is 0 Å². The van der Waals surface area contributed by atoms with E-state index in [1.54, 1.807) is 12.1 Å². The molecule has 0 atom stereocenters. The standard InChI is InChI=1S/C30H33F2N7O2/c31-23-11-20(12-24(32)15-23)18-35-27-16-30(36-19-22(27)14-29(34)40)37-25-1-2-28(21(13-25)17-33)39-5-3-26(4-6-39)38-7-9-41-10-8-38/h1-2,11-13,15-16,19,26H,3-10,14,18H2,(H2,34,40)(H2,35,36,37). The summed E-state index contributed by atoms with van der Waals surface area (Å²) >= 11 is 0. The minimum atomic E-state index is -0.672. The Bertz CT molecular complexity index is 1410. The summed E-state index contributed by atoms with van der Waals surface area (Å²) in [6.45, 7) is 5.44. The van der Waals surface area contributed by atoms with Gasteiger partial charge in [0.1, 0.15) is 23.5 Å². The van der Waals surface area contributed by atoms with E-state index in [4.69, 9.17) is 10.5 Å². The maximum absolute atomic E-state index is 13.6. The van der Waals surface area contributed by atoms with Crippen LogP contribution in [0, 0.1) is 23.0 Å². The maximum Gasteiger partial charge on any atom is 0.221 e. The van der Waals surface area contributed by atoms with E-state index < -0.39 is 17.5 Å². The first-order valence-corrected chi connectivity index (χ1v) is 13.7. The molecule has 0 radical (unpaired) electrons. The fourth-order valence-corrected chi connectivity index (χ4v) is 5.50. The Morgan fingerprint density at radius 2 is 1.80 bits per heavy atom. The van der Waals surface area contributed by atoms with Crippen molar-refractivity contribution in [2.75, 3.05) is 54.9 Å². The Balaban J connectivity index is 1.28. The van der Waals surface area contributed by atoms with Gasteiger partial charge in [-0.3, -0.25) is 9.69 Å². The number of pyridine rings is 1. The van der Waals surface area contributed by atoms with E-state index >= 15 is 0 Å². The van der Waals surface area contributed by atoms with Crippen LogP contribution in [0.3, 0.4) is 0 Å². The van der Waals surface area contributed by atoms with Gasteiger partial charge in [0.15, 0.2) is 0 Å². The molecule has 0 spiro atoms. The van der Waals surface area contributed by atoms with Crippen molar-refractivity contribution in [1.29, 1.82) is 5.26 Å². The van der Waals surface area contributed by atoms with Crippen LogP contribution in [0.15, 0.2) is 48.7 Å². The number of carbonyl (C=O) groups excluding carboxylic acids is 1. The molecule has 41 heavy (non-hydrogen) atoms. The molecule has 5 rings (SSSR count). The number of nitrogens with two attached hydrogens (primary N) is 1. The van der Waals surface area contributed by atoms with Crippen LogP contribution in [0.25, 0.3) is 0 Å². The molecule has 2 fully saturated rings. The predicted octanol–water partition coefficient (Wildman–Crippen LogP) is 3.92. The lowest BCUT2D eigenvalue weighted by Crippen LogP contribution is -2.49. The Labute approximate surface area is 237 Å². The molecule has 214 valence electrons. The van der Waals surface area contributed by atoms with Gasteiger partial charge in [0.25, 0.3) is 0 Å². The van der Waals surface area contributed by atoms with Crippen molar-refractivity contribution in [3.8, 4) is 6.07 Å². The van der Waals surface area contributed by atoms with Crippen molar-refractivity contribution in [1.82, 2.24) is 9.88 Å². The summed E-state index contributed by atoms with van der Waals surface area (Å²) in [5, 5.41) is 16.3. The molecule has 2 aliphatic rings. The number of amides is 1. The molecule has 0 saturated carbocycles. The third-order valence-electron chi connectivity index (χ3n) is 7.51. The quantitative estimate of drug-likeness (QED) is 0.360. The van der Waals surface area contributed by atoms with Gasteiger partial charge in [0.05, 0.1) is 30.9 Å². The molecule has 2 aliphatic heterocycles. The molecule has 1 amide bonds. The Morgan fingerprint density at radius 1 is 1.07 bits per heavy atom. The number of benzene rings is 2. The Hall–Kier alpha value is -4.27. The Kier molecular flexibility index (Phi) is 8.91. The lowest BCUT2D eigenvalue weighted by atomic mass is 10.0. The van der Waals surface area contributed by atoms with E-state index in [2.05, 4.69) is 31.5 Å². The molecule has 0 aliphatic carbocycles. The summed E-state index contributed by atoms with van der Waals surface area (Å²) in [6, 6.07) is 13.5. The number of hydrogen-bond acceptors (Lipinski definition) is 8. The molecule has 4 N–H and O–H groups in total. The first kappa shape index (κ1) is 28.3. The first-order valence-electron chi connectivity index (χ1n) is 13.7. The zero-order chi connectivity index (χ0) is 28.8. The fourth-order valence-electron chi connectivity index (χ4n) is 5.50. The Morgan fingerprint density at radius 3 is 2.49 bits per heavy atom. The number of primary amides is 1. The van der Waals surface area contributed by atoms with Gasteiger partial charge in [-0.15, -0.1) is 0 Å². The number of nitrogens with zero attached hydrogens (tertiary/aromatic N) is 4. The molecule has 3 aromatic rings. The number of carbonyl (C=O) groups is 1. The van der Waals surface area contributed by atoms with Gasteiger partial charge in [-0.2, -0.15) is 5.26 Å². The summed E-state index contributed by atoms with van der Waals surface area (Å²) in [5.74, 6) is -1.41. The van der Waals surface area contributed by atoms with Crippen LogP contribution in [0.5, 0.6) is 0 Å². The third-order valence-corrected chi connectivity index (χ3v) is 7.51. The number of hydrogen-bond donors (Lipinski definition) is 3. The highest BCUT2D eigenvalue weighted by Gasteiger charge is 2.27. The second-order valence-electron chi connectivity index (χ2n) is 10.3. The van der Waals surface area contributed by atoms with Crippen LogP contribution in [0.1, 0.15) is 29.5 Å². The number of nitrogens with one attached hydrogen (secondary N) is 2. The van der Waals surface area contributed by atoms with Crippen LogP contribution in [-0.4, -0.2) is 61.2 Å². The average Bonchev–Trinajstić information content (AvgIpc) is 2.97. The zero-order valence-corrected chi connectivity index (χ0v) is 22.7. The van der Waals surface area contributed by atoms with E-state index in [0.717, 1.165) is 64.0 Å². The van der Waals surface area contributed by atoms with E-state index in [1.807, 2.05) is 12.1 Å². The molecule has 3 heterocycles. The summed E-state index contributed by atoms with van der Waals surface area (Å²) in [4.78, 5) is 20.8. The van der Waals surface area contributed by atoms with Crippen molar-refractivity contribution in [2.45, 2.75) is 31.8 Å². The molecule has 1 aromatic heterocycles. The third kappa shape index (κ3) is 7.28. The SMILES string of the molecule is N#Cc1cc(Nc2cc(NCc3cc(F)cc(F)c3)c(CC(N)=O)cn2)ccc1N1CCC(N2CCOCC2)CC1. The van der Waals surface area contributed by atoms with Crippen LogP contribution < -0.4 is 21.3 Å². The lowest BCUT2D eigenvalue weighted by molar-refractivity contribution is -0.117. The minimum Gasteiger partial charge on any atom is -0.381 e. The number of halogens is 2. The minimum absolute atomic E-state index is 0.0529. The van der Waals surface area contributed by atoms with Crippen molar-refractivity contribution in [3.05, 3.63) is 77.0 Å². The summed E-state index contributed by atoms with van der Waals surface area (Å²) in [5.41, 5.74) is 9.06. The number of nitriles is 1. The maximum atomic E-state index is 13.6. The normalized spacial score (nSPS) is 16.3. The predicted molar refractivity (Wildman–Crippen MR) is 153 cm³/mol. The van der Waals surface area contributed by atoms with Crippen molar-refractivity contribution >= 4 is 28.8 Å². The topological polar surface area (TPSA) is 120 Å². The summed E-state index contributed by atoms with van der Waals surface area (Å²) in [7, 11) is 0. The number of aromatic nitrogens is 1. The second kappa shape index (κ2) is 12.9. The van der Waals surface area contributed by atoms with Gasteiger partial charge in [-0.05, 0) is 48.7 Å². The van der Waals surface area contributed by atoms with E-state index in [9.17, 15) is 18.8 Å². The largest absolute Gasteiger partial charge is 0.381 e. The monoisotopic (exact) mass is 561 g/mol. The fraction of sp³-hybridized carbons (Fsp3) is 0.367. The smallest absolute Gasteiger partial charge is 0.221 e. The molecule has 9 nitrogen and oxygen atoms in total. The van der Waals surface area contributed by atoms with E-state index in [0.29, 0.717) is 39.9 Å². The number of anilines is 4. The molecule has 11 heteroatoms. The van der Waals surface area contributed by atoms with E-state index in [1.165, 1.54) is 18.3 Å². The summed E-state index contributed by atoms with van der Waals surface area (Å²) < 4.78 is 32.8. The van der Waals surface area contributed by atoms with E-state index in [-0.39, 0.29) is 13.0 Å². The van der Waals surface area contributed by atoms with Gasteiger partial charge < -0.3 is 26.0 Å². The lowest BCUT2D eigenvalue weighted by Gasteiger charge is -2.41. The van der Waals surface area contributed by atoms with Crippen LogP contribution in [0.2, 0.25) is 0 Å². The van der Waals surface area contributed by atoms with Crippen molar-refractivity contribution in [2.24, 2.45) is 5.73 Å². The number of ether oxygens (including phenoxy) is 1. The van der Waals surface area contributed by atoms with Crippen molar-refractivity contribution < 1.29 is 18.3 Å². The second-order valence-corrected chi connectivity index (χ2v) is 10.3. The molecular formula is C30H33F2N7O2. The molecule has 2 saturated heterocycles. The highest BCUT2D eigenvalue weighted by Crippen LogP contribution is 2.30. The van der Waals surface area contributed by atoms with Crippen LogP contribution >= 0.6 is 0 Å². The summed E-state index contributed by atoms with van der Waals surface area (Å²) in [6.07, 6.45) is 3.57.